The zero-order chi connectivity index (χ0) is 40.2. The van der Waals surface area contributed by atoms with Gasteiger partial charge in [0.15, 0.2) is 0 Å². The number of phenolic OH excluding ortho intramolecular Hbond substituents is 1. The van der Waals surface area contributed by atoms with E-state index in [2.05, 4.69) is 78.2 Å². The third-order valence-corrected chi connectivity index (χ3v) is 11.8. The SMILES string of the molecule is CCCCN(CCCC)c1cc(N)c(C2C([O-])C(c3ccc(N(c4ccccc4-c4ccccc4)c4ccccc4-c4ccccc4)cc3O)C2[O-])c2ccccc12. The predicted octanol–water partition coefficient (Wildman–Crippen LogP) is 10.7. The quantitative estimate of drug-likeness (QED) is 0.107. The molecular formula is C52H51N3O3-2. The van der Waals surface area contributed by atoms with Crippen LogP contribution in [0.2, 0.25) is 0 Å². The number of aromatic hydroxyl groups is 1. The first-order chi connectivity index (χ1) is 28.4. The van der Waals surface area contributed by atoms with Crippen molar-refractivity contribution in [2.24, 2.45) is 0 Å². The van der Waals surface area contributed by atoms with E-state index < -0.39 is 24.0 Å². The van der Waals surface area contributed by atoms with Gasteiger partial charge in [-0.25, -0.2) is 0 Å². The molecule has 1 aliphatic carbocycles. The van der Waals surface area contributed by atoms with Gasteiger partial charge in [0.05, 0.1) is 11.4 Å². The lowest BCUT2D eigenvalue weighted by atomic mass is 9.62. The maximum absolute atomic E-state index is 14.4. The van der Waals surface area contributed by atoms with Gasteiger partial charge in [-0.2, -0.15) is 0 Å². The molecule has 1 fully saturated rings. The van der Waals surface area contributed by atoms with E-state index in [-0.39, 0.29) is 5.75 Å². The number of nitrogen functional groups attached to an aromatic ring is 1. The second-order valence-corrected chi connectivity index (χ2v) is 15.5. The number of para-hydroxylation sites is 2. The van der Waals surface area contributed by atoms with Gasteiger partial charge in [-0.3, -0.25) is 0 Å². The van der Waals surface area contributed by atoms with Crippen LogP contribution in [0.5, 0.6) is 5.75 Å². The average Bonchev–Trinajstić information content (AvgIpc) is 3.26. The molecule has 0 saturated heterocycles. The molecule has 7 aromatic rings. The van der Waals surface area contributed by atoms with E-state index in [1.165, 1.54) is 0 Å². The fourth-order valence-electron chi connectivity index (χ4n) is 8.86. The third-order valence-electron chi connectivity index (χ3n) is 11.8. The number of anilines is 5. The van der Waals surface area contributed by atoms with Gasteiger partial charge in [0.2, 0.25) is 0 Å². The highest BCUT2D eigenvalue weighted by molar-refractivity contribution is 6.01. The fraction of sp³-hybridized carbons (Fsp3) is 0.231. The Kier molecular flexibility index (Phi) is 11.5. The van der Waals surface area contributed by atoms with Crippen LogP contribution in [0.1, 0.15) is 62.5 Å². The smallest absolute Gasteiger partial charge is 0.121 e. The minimum absolute atomic E-state index is 0.0716. The molecule has 0 aliphatic heterocycles. The first-order valence-corrected chi connectivity index (χ1v) is 20.7. The van der Waals surface area contributed by atoms with Gasteiger partial charge in [-0.15, -0.1) is 12.2 Å². The Morgan fingerprint density at radius 3 is 1.59 bits per heavy atom. The highest BCUT2D eigenvalue weighted by Gasteiger charge is 2.41. The van der Waals surface area contributed by atoms with Gasteiger partial charge < -0.3 is 30.9 Å². The number of benzene rings is 7. The molecule has 1 saturated carbocycles. The number of hydrogen-bond acceptors (Lipinski definition) is 6. The lowest BCUT2D eigenvalue weighted by molar-refractivity contribution is -0.535. The molecule has 0 heterocycles. The average molecular weight is 766 g/mol. The monoisotopic (exact) mass is 765 g/mol. The number of hydrogen-bond donors (Lipinski definition) is 2. The van der Waals surface area contributed by atoms with Gasteiger partial charge >= 0.3 is 0 Å². The summed E-state index contributed by atoms with van der Waals surface area (Å²) in [4.78, 5) is 4.56. The van der Waals surface area contributed by atoms with Gasteiger partial charge in [0.25, 0.3) is 0 Å². The van der Waals surface area contributed by atoms with Crippen LogP contribution in [0.25, 0.3) is 33.0 Å². The summed E-state index contributed by atoms with van der Waals surface area (Å²) in [6.07, 6.45) is 1.74. The van der Waals surface area contributed by atoms with Crippen molar-refractivity contribution in [2.45, 2.75) is 63.6 Å². The van der Waals surface area contributed by atoms with Crippen molar-refractivity contribution in [1.82, 2.24) is 0 Å². The zero-order valence-corrected chi connectivity index (χ0v) is 33.3. The second kappa shape index (κ2) is 17.2. The number of unbranched alkanes of at least 4 members (excludes halogenated alkanes) is 2. The Balaban J connectivity index is 1.18. The summed E-state index contributed by atoms with van der Waals surface area (Å²) in [5, 5.41) is 42.5. The largest absolute Gasteiger partial charge is 0.851 e. The molecule has 0 aromatic heterocycles. The van der Waals surface area contributed by atoms with Crippen LogP contribution in [0.15, 0.2) is 158 Å². The molecule has 8 rings (SSSR count). The molecule has 0 radical (unpaired) electrons. The van der Waals surface area contributed by atoms with E-state index in [1.54, 1.807) is 12.1 Å². The Bertz CT molecular complexity index is 2390. The maximum Gasteiger partial charge on any atom is 0.121 e. The summed E-state index contributed by atoms with van der Waals surface area (Å²) in [6.45, 7) is 6.23. The van der Waals surface area contributed by atoms with Crippen molar-refractivity contribution in [2.75, 3.05) is 28.6 Å². The number of nitrogens with two attached hydrogens (primary N) is 1. The van der Waals surface area contributed by atoms with Crippen molar-refractivity contribution < 1.29 is 15.3 Å². The Hall–Kier alpha value is -6.08. The molecule has 2 atom stereocenters. The predicted molar refractivity (Wildman–Crippen MR) is 237 cm³/mol. The lowest BCUT2D eigenvalue weighted by Gasteiger charge is -2.62. The van der Waals surface area contributed by atoms with Crippen molar-refractivity contribution in [3.05, 3.63) is 169 Å². The van der Waals surface area contributed by atoms with Gasteiger partial charge in [-0.1, -0.05) is 154 Å². The van der Waals surface area contributed by atoms with Crippen molar-refractivity contribution in [1.29, 1.82) is 0 Å². The van der Waals surface area contributed by atoms with E-state index >= 15 is 0 Å². The Morgan fingerprint density at radius 1 is 0.552 bits per heavy atom. The fourth-order valence-corrected chi connectivity index (χ4v) is 8.86. The maximum atomic E-state index is 14.4. The van der Waals surface area contributed by atoms with Crippen molar-refractivity contribution in [3.8, 4) is 28.0 Å². The number of phenols is 1. The summed E-state index contributed by atoms with van der Waals surface area (Å²) in [6, 6.07) is 52.4. The minimum Gasteiger partial charge on any atom is -0.851 e. The molecular weight excluding hydrogens is 715 g/mol. The molecule has 58 heavy (non-hydrogen) atoms. The molecule has 0 spiro atoms. The van der Waals surface area contributed by atoms with E-state index in [0.29, 0.717) is 22.5 Å². The summed E-state index contributed by atoms with van der Waals surface area (Å²) in [5.74, 6) is -1.84. The Labute approximate surface area is 342 Å². The molecule has 1 aliphatic rings. The van der Waals surface area contributed by atoms with E-state index in [4.69, 9.17) is 5.73 Å². The molecule has 2 unspecified atom stereocenters. The molecule has 6 nitrogen and oxygen atoms in total. The number of nitrogens with zero attached hydrogens (tertiary/aromatic N) is 2. The first kappa shape index (κ1) is 38.8. The highest BCUT2D eigenvalue weighted by Crippen LogP contribution is 2.53. The van der Waals surface area contributed by atoms with Gasteiger partial charge in [0, 0.05) is 52.7 Å². The summed E-state index contributed by atoms with van der Waals surface area (Å²) in [5.41, 5.74) is 16.1. The number of fused-ring (bicyclic) bond motifs is 1. The van der Waals surface area contributed by atoms with Crippen LogP contribution in [-0.2, 0) is 0 Å². The zero-order valence-electron chi connectivity index (χ0n) is 33.3. The molecule has 0 amide bonds. The lowest BCUT2D eigenvalue weighted by Crippen LogP contribution is -2.63. The van der Waals surface area contributed by atoms with Crippen LogP contribution >= 0.6 is 0 Å². The molecule has 6 heteroatoms. The summed E-state index contributed by atoms with van der Waals surface area (Å²) >= 11 is 0. The van der Waals surface area contributed by atoms with Crippen molar-refractivity contribution in [3.63, 3.8) is 0 Å². The van der Waals surface area contributed by atoms with E-state index in [9.17, 15) is 15.3 Å². The van der Waals surface area contributed by atoms with Crippen LogP contribution in [0.3, 0.4) is 0 Å². The molecule has 7 aromatic carbocycles. The Morgan fingerprint density at radius 2 is 1.05 bits per heavy atom. The minimum atomic E-state index is -1.28. The van der Waals surface area contributed by atoms with Crippen LogP contribution in [0.4, 0.5) is 28.4 Å². The normalized spacial score (nSPS) is 17.5. The van der Waals surface area contributed by atoms with Crippen LogP contribution in [-0.4, -0.2) is 30.4 Å². The van der Waals surface area contributed by atoms with E-state index in [1.807, 2.05) is 91.0 Å². The third kappa shape index (κ3) is 7.30. The second-order valence-electron chi connectivity index (χ2n) is 15.5. The summed E-state index contributed by atoms with van der Waals surface area (Å²) in [7, 11) is 0. The van der Waals surface area contributed by atoms with E-state index in [0.717, 1.165) is 88.9 Å². The van der Waals surface area contributed by atoms with Crippen molar-refractivity contribution >= 4 is 39.2 Å². The van der Waals surface area contributed by atoms with Gasteiger partial charge in [0.1, 0.15) is 5.75 Å². The molecule has 3 N–H and O–H groups in total. The standard InChI is InChI=1S/C52H51N3O3/c1-3-5-31-54(32-6-4-2)46-34-43(53)48(41-26-14-13-25-40(41)46)50-51(57)49(52(50)58)42-30-29-37(33-47(42)56)55(44-27-17-15-23-38(44)35-19-9-7-10-20-35)45-28-18-16-24-39(45)36-21-11-8-12-22-36/h7-30,33-34,49-52,56H,3-6,31-32,53H2,1-2H3/q-2. The van der Waals surface area contributed by atoms with Crippen LogP contribution in [0, 0.1) is 0 Å². The first-order valence-electron chi connectivity index (χ1n) is 20.7. The highest BCUT2D eigenvalue weighted by atomic mass is 16.3. The topological polar surface area (TPSA) is 98.8 Å². The van der Waals surface area contributed by atoms with Crippen LogP contribution < -0.4 is 25.7 Å². The molecule has 294 valence electrons. The molecule has 0 bridgehead atoms. The summed E-state index contributed by atoms with van der Waals surface area (Å²) < 4.78 is 0. The number of rotatable bonds is 14. The van der Waals surface area contributed by atoms with Gasteiger partial charge in [-0.05, 0) is 76.6 Å².